The highest BCUT2D eigenvalue weighted by atomic mass is 16.5. The van der Waals surface area contributed by atoms with Gasteiger partial charge in [0.05, 0.1) is 7.11 Å². The molecule has 0 N–H and O–H groups in total. The lowest BCUT2D eigenvalue weighted by Crippen LogP contribution is -2.28. The lowest BCUT2D eigenvalue weighted by atomic mass is 10.1. The molecule has 0 fully saturated rings. The van der Waals surface area contributed by atoms with Gasteiger partial charge in [0.1, 0.15) is 5.75 Å². The summed E-state index contributed by atoms with van der Waals surface area (Å²) in [5, 5.41) is 0. The van der Waals surface area contributed by atoms with Crippen LogP contribution in [0.1, 0.15) is 11.1 Å². The third-order valence-electron chi connectivity index (χ3n) is 2.84. The quantitative estimate of drug-likeness (QED) is 0.751. The summed E-state index contributed by atoms with van der Waals surface area (Å²) in [7, 11) is 8.07. The van der Waals surface area contributed by atoms with Crippen LogP contribution in [0, 0.1) is 6.92 Å². The van der Waals surface area contributed by atoms with Gasteiger partial charge in [-0.3, -0.25) is 0 Å². The molecule has 0 aromatic heterocycles. The van der Waals surface area contributed by atoms with E-state index in [4.69, 9.17) is 4.74 Å². The number of hydrogen-bond acceptors (Lipinski definition) is 3. The number of ether oxygens (including phenoxy) is 1. The summed E-state index contributed by atoms with van der Waals surface area (Å²) in [4.78, 5) is 4.54. The average Bonchev–Trinajstić information content (AvgIpc) is 2.26. The zero-order chi connectivity index (χ0) is 12.8. The van der Waals surface area contributed by atoms with Crippen LogP contribution in [0.3, 0.4) is 0 Å². The van der Waals surface area contributed by atoms with Crippen LogP contribution in [0.4, 0.5) is 0 Å². The summed E-state index contributed by atoms with van der Waals surface area (Å²) in [6.45, 7) is 5.24. The first-order valence-electron chi connectivity index (χ1n) is 5.99. The normalized spacial score (nSPS) is 11.2. The molecule has 17 heavy (non-hydrogen) atoms. The molecular formula is C14H24N2O. The van der Waals surface area contributed by atoms with Gasteiger partial charge < -0.3 is 14.5 Å². The van der Waals surface area contributed by atoms with Crippen LogP contribution in [-0.4, -0.2) is 51.1 Å². The second kappa shape index (κ2) is 6.62. The minimum atomic E-state index is 0.963. The SMILES string of the molecule is COc1ccc(CN(C)CCN(C)C)cc1C. The monoisotopic (exact) mass is 236 g/mol. The van der Waals surface area contributed by atoms with Gasteiger partial charge in [-0.25, -0.2) is 0 Å². The zero-order valence-corrected chi connectivity index (χ0v) is 11.7. The fourth-order valence-corrected chi connectivity index (χ4v) is 1.80. The Bertz CT molecular complexity index is 350. The Balaban J connectivity index is 2.53. The highest BCUT2D eigenvalue weighted by Crippen LogP contribution is 2.19. The number of rotatable bonds is 6. The van der Waals surface area contributed by atoms with Crippen molar-refractivity contribution < 1.29 is 4.74 Å². The number of hydrogen-bond donors (Lipinski definition) is 0. The van der Waals surface area contributed by atoms with Crippen molar-refractivity contribution in [1.82, 2.24) is 9.80 Å². The highest BCUT2D eigenvalue weighted by molar-refractivity contribution is 5.36. The van der Waals surface area contributed by atoms with E-state index in [-0.39, 0.29) is 0 Å². The molecule has 0 atom stereocenters. The Kier molecular flexibility index (Phi) is 5.45. The fourth-order valence-electron chi connectivity index (χ4n) is 1.80. The molecule has 0 heterocycles. The van der Waals surface area contributed by atoms with E-state index in [9.17, 15) is 0 Å². The summed E-state index contributed by atoms with van der Waals surface area (Å²) in [6.07, 6.45) is 0. The lowest BCUT2D eigenvalue weighted by molar-refractivity contribution is 0.276. The molecule has 1 rings (SSSR count). The molecule has 0 unspecified atom stereocenters. The maximum Gasteiger partial charge on any atom is 0.121 e. The Hall–Kier alpha value is -1.06. The molecule has 0 bridgehead atoms. The van der Waals surface area contributed by atoms with Crippen molar-refractivity contribution in [2.45, 2.75) is 13.5 Å². The van der Waals surface area contributed by atoms with E-state index in [1.54, 1.807) is 7.11 Å². The number of aryl methyl sites for hydroxylation is 1. The lowest BCUT2D eigenvalue weighted by Gasteiger charge is -2.19. The van der Waals surface area contributed by atoms with E-state index in [0.717, 1.165) is 25.4 Å². The standard InChI is InChI=1S/C14H24N2O/c1-12-10-13(6-7-14(12)17-5)11-16(4)9-8-15(2)3/h6-7,10H,8-9,11H2,1-5H3. The summed E-state index contributed by atoms with van der Waals surface area (Å²) < 4.78 is 5.26. The van der Waals surface area contributed by atoms with Gasteiger partial charge in [0.25, 0.3) is 0 Å². The van der Waals surface area contributed by atoms with Crippen LogP contribution < -0.4 is 4.74 Å². The van der Waals surface area contributed by atoms with Gasteiger partial charge in [0, 0.05) is 19.6 Å². The molecule has 0 aliphatic carbocycles. The average molecular weight is 236 g/mol. The van der Waals surface area contributed by atoms with Gasteiger partial charge in [-0.1, -0.05) is 12.1 Å². The summed E-state index contributed by atoms with van der Waals surface area (Å²) in [5.74, 6) is 0.963. The van der Waals surface area contributed by atoms with Crippen molar-refractivity contribution in [3.05, 3.63) is 29.3 Å². The van der Waals surface area contributed by atoms with Crippen molar-refractivity contribution in [3.8, 4) is 5.75 Å². The maximum atomic E-state index is 5.26. The number of likely N-dealkylation sites (N-methyl/N-ethyl adjacent to an activating group) is 2. The predicted molar refractivity (Wildman–Crippen MR) is 72.6 cm³/mol. The van der Waals surface area contributed by atoms with Crippen molar-refractivity contribution in [2.24, 2.45) is 0 Å². The van der Waals surface area contributed by atoms with Gasteiger partial charge in [-0.05, 0) is 45.3 Å². The Morgan fingerprint density at radius 1 is 1.12 bits per heavy atom. The van der Waals surface area contributed by atoms with Crippen molar-refractivity contribution in [3.63, 3.8) is 0 Å². The minimum absolute atomic E-state index is 0.963. The first-order valence-corrected chi connectivity index (χ1v) is 5.99. The van der Waals surface area contributed by atoms with E-state index < -0.39 is 0 Å². The van der Waals surface area contributed by atoms with E-state index in [1.807, 2.05) is 6.07 Å². The van der Waals surface area contributed by atoms with E-state index in [1.165, 1.54) is 11.1 Å². The molecule has 1 aromatic carbocycles. The van der Waals surface area contributed by atoms with Gasteiger partial charge in [-0.2, -0.15) is 0 Å². The smallest absolute Gasteiger partial charge is 0.121 e. The van der Waals surface area contributed by atoms with Crippen LogP contribution in [0.2, 0.25) is 0 Å². The first-order chi connectivity index (χ1) is 8.02. The van der Waals surface area contributed by atoms with Gasteiger partial charge in [0.15, 0.2) is 0 Å². The Morgan fingerprint density at radius 2 is 1.82 bits per heavy atom. The molecule has 0 radical (unpaired) electrons. The summed E-state index contributed by atoms with van der Waals surface area (Å²) in [6, 6.07) is 6.38. The summed E-state index contributed by atoms with van der Waals surface area (Å²) >= 11 is 0. The van der Waals surface area contributed by atoms with Gasteiger partial charge in [-0.15, -0.1) is 0 Å². The van der Waals surface area contributed by atoms with Crippen LogP contribution in [0.5, 0.6) is 5.75 Å². The largest absolute Gasteiger partial charge is 0.496 e. The Morgan fingerprint density at radius 3 is 2.35 bits per heavy atom. The number of nitrogens with zero attached hydrogens (tertiary/aromatic N) is 2. The maximum absolute atomic E-state index is 5.26. The molecule has 0 amide bonds. The fraction of sp³-hybridized carbons (Fsp3) is 0.571. The second-order valence-electron chi connectivity index (χ2n) is 4.85. The Labute approximate surface area is 105 Å². The first kappa shape index (κ1) is 14.0. The predicted octanol–water partition coefficient (Wildman–Crippen LogP) is 2.00. The molecule has 3 heteroatoms. The third-order valence-corrected chi connectivity index (χ3v) is 2.84. The van der Waals surface area contributed by atoms with E-state index in [2.05, 4.69) is 50.0 Å². The van der Waals surface area contributed by atoms with Crippen molar-refractivity contribution in [2.75, 3.05) is 41.3 Å². The molecule has 0 spiro atoms. The third kappa shape index (κ3) is 4.75. The summed E-state index contributed by atoms with van der Waals surface area (Å²) in [5.41, 5.74) is 2.54. The van der Waals surface area contributed by atoms with Crippen LogP contribution in [0.15, 0.2) is 18.2 Å². The van der Waals surface area contributed by atoms with Crippen LogP contribution >= 0.6 is 0 Å². The molecule has 0 saturated carbocycles. The van der Waals surface area contributed by atoms with Crippen molar-refractivity contribution in [1.29, 1.82) is 0 Å². The van der Waals surface area contributed by atoms with Crippen molar-refractivity contribution >= 4 is 0 Å². The molecule has 0 aliphatic heterocycles. The van der Waals surface area contributed by atoms with E-state index in [0.29, 0.717) is 0 Å². The van der Waals surface area contributed by atoms with E-state index >= 15 is 0 Å². The van der Waals surface area contributed by atoms with Gasteiger partial charge >= 0.3 is 0 Å². The zero-order valence-electron chi connectivity index (χ0n) is 11.7. The van der Waals surface area contributed by atoms with Gasteiger partial charge in [0.2, 0.25) is 0 Å². The van der Waals surface area contributed by atoms with Crippen LogP contribution in [0.25, 0.3) is 0 Å². The molecule has 96 valence electrons. The molecule has 0 saturated heterocycles. The molecule has 3 nitrogen and oxygen atoms in total. The minimum Gasteiger partial charge on any atom is -0.496 e. The molecule has 0 aliphatic rings. The molecule has 1 aromatic rings. The highest BCUT2D eigenvalue weighted by Gasteiger charge is 2.03. The second-order valence-corrected chi connectivity index (χ2v) is 4.85. The number of benzene rings is 1. The number of methoxy groups -OCH3 is 1. The van der Waals surface area contributed by atoms with Crippen LogP contribution in [-0.2, 0) is 6.54 Å². The topological polar surface area (TPSA) is 15.7 Å². The molecular weight excluding hydrogens is 212 g/mol.